The Kier molecular flexibility index (Phi) is 5.39. The molecule has 4 atom stereocenters. The first-order valence-electron chi connectivity index (χ1n) is 6.74. The fourth-order valence-corrected chi connectivity index (χ4v) is 4.29. The molecule has 1 aromatic rings. The Hall–Kier alpha value is -0.210. The number of halogens is 3. The number of carbonyl (C=O) groups is 1. The van der Waals surface area contributed by atoms with Crippen molar-refractivity contribution < 1.29 is 9.53 Å². The van der Waals surface area contributed by atoms with Crippen molar-refractivity contribution in [1.82, 2.24) is 16.2 Å². The molecule has 0 spiro atoms. The lowest BCUT2D eigenvalue weighted by molar-refractivity contribution is -0.125. The number of rotatable bonds is 3. The van der Waals surface area contributed by atoms with E-state index in [-0.39, 0.29) is 15.9 Å². The van der Waals surface area contributed by atoms with Gasteiger partial charge in [-0.2, -0.15) is 0 Å². The maximum atomic E-state index is 12.1. The molecule has 2 fully saturated rings. The van der Waals surface area contributed by atoms with E-state index in [4.69, 9.17) is 39.5 Å². The molecule has 3 rings (SSSR count). The molecule has 120 valence electrons. The minimum absolute atomic E-state index is 0.00402. The van der Waals surface area contributed by atoms with Crippen LogP contribution in [0.5, 0.6) is 0 Å². The molecule has 9 heteroatoms. The zero-order chi connectivity index (χ0) is 15.7. The summed E-state index contributed by atoms with van der Waals surface area (Å²) >= 11 is 19.6. The zero-order valence-electron chi connectivity index (χ0n) is 11.3. The fraction of sp³-hybridized carbons (Fsp3) is 0.462. The second-order valence-corrected chi connectivity index (χ2v) is 8.01. The van der Waals surface area contributed by atoms with E-state index in [1.165, 1.54) is 11.8 Å². The van der Waals surface area contributed by atoms with Crippen LogP contribution in [0.2, 0.25) is 10.0 Å². The van der Waals surface area contributed by atoms with E-state index in [9.17, 15) is 4.79 Å². The van der Waals surface area contributed by atoms with Gasteiger partial charge in [0.1, 0.15) is 0 Å². The molecule has 0 bridgehead atoms. The molecule has 0 aromatic heterocycles. The van der Waals surface area contributed by atoms with Crippen molar-refractivity contribution in [3.63, 3.8) is 0 Å². The van der Waals surface area contributed by atoms with Gasteiger partial charge in [-0.05, 0) is 31.0 Å². The van der Waals surface area contributed by atoms with Crippen molar-refractivity contribution in [3.8, 4) is 0 Å². The Bertz CT molecular complexity index is 577. The summed E-state index contributed by atoms with van der Waals surface area (Å²) < 4.78 is 5.70. The average molecular weight is 383 g/mol. The summed E-state index contributed by atoms with van der Waals surface area (Å²) in [5, 5.41) is 3.74. The smallest absolute Gasteiger partial charge is 0.236 e. The topological polar surface area (TPSA) is 62.4 Å². The van der Waals surface area contributed by atoms with E-state index >= 15 is 0 Å². The molecule has 4 unspecified atom stereocenters. The Morgan fingerprint density at radius 1 is 1.32 bits per heavy atom. The highest BCUT2D eigenvalue weighted by atomic mass is 35.5. The maximum Gasteiger partial charge on any atom is 0.236 e. The summed E-state index contributed by atoms with van der Waals surface area (Å²) in [4.78, 5) is 12.1. The van der Waals surface area contributed by atoms with E-state index in [0.29, 0.717) is 15.6 Å². The van der Waals surface area contributed by atoms with Crippen LogP contribution in [0, 0.1) is 0 Å². The van der Waals surface area contributed by atoms with Crippen molar-refractivity contribution in [2.75, 3.05) is 0 Å². The molecule has 0 aliphatic carbocycles. The highest BCUT2D eigenvalue weighted by molar-refractivity contribution is 8.02. The first-order chi connectivity index (χ1) is 10.5. The number of carbonyl (C=O) groups excluding carboxylic acids is 1. The number of nitrogens with one attached hydrogen (secondary N) is 3. The van der Waals surface area contributed by atoms with Gasteiger partial charge in [0.2, 0.25) is 12.3 Å². The standard InChI is InChI=1S/C13H14Cl3N3O2S/c14-6-1-2-8(15)7(5-6)12-18-19-13(21-12)17-11(20)9-3-4-10(16)22-9/h1-2,5,9-10,12-13,18-19H,3-4H2,(H,17,20). The van der Waals surface area contributed by atoms with Crippen molar-refractivity contribution in [2.24, 2.45) is 0 Å². The third kappa shape index (κ3) is 3.82. The molecule has 2 saturated heterocycles. The van der Waals surface area contributed by atoms with Gasteiger partial charge in [0.15, 0.2) is 6.23 Å². The first-order valence-corrected chi connectivity index (χ1v) is 8.88. The van der Waals surface area contributed by atoms with Gasteiger partial charge >= 0.3 is 0 Å². The summed E-state index contributed by atoms with van der Waals surface area (Å²) in [5.74, 6) is -0.0923. The van der Waals surface area contributed by atoms with Gasteiger partial charge in [0.25, 0.3) is 0 Å². The number of alkyl halides is 1. The van der Waals surface area contributed by atoms with Crippen LogP contribution in [-0.2, 0) is 9.53 Å². The predicted molar refractivity (Wildman–Crippen MR) is 88.7 cm³/mol. The van der Waals surface area contributed by atoms with Crippen LogP contribution in [0.4, 0.5) is 0 Å². The van der Waals surface area contributed by atoms with Crippen LogP contribution in [0.1, 0.15) is 24.6 Å². The summed E-state index contributed by atoms with van der Waals surface area (Å²) in [5.41, 5.74) is 6.51. The van der Waals surface area contributed by atoms with Crippen molar-refractivity contribution >= 4 is 52.5 Å². The lowest BCUT2D eigenvalue weighted by Gasteiger charge is -2.16. The minimum atomic E-state index is -0.637. The predicted octanol–water partition coefficient (Wildman–Crippen LogP) is 2.98. The molecule has 1 amide bonds. The summed E-state index contributed by atoms with van der Waals surface area (Å²) in [7, 11) is 0. The van der Waals surface area contributed by atoms with Crippen molar-refractivity contribution in [3.05, 3.63) is 33.8 Å². The van der Waals surface area contributed by atoms with Crippen LogP contribution >= 0.6 is 46.6 Å². The van der Waals surface area contributed by atoms with Crippen LogP contribution in [0.3, 0.4) is 0 Å². The van der Waals surface area contributed by atoms with E-state index in [1.807, 2.05) is 0 Å². The van der Waals surface area contributed by atoms with Gasteiger partial charge in [-0.15, -0.1) is 23.4 Å². The third-order valence-electron chi connectivity index (χ3n) is 3.39. The fourth-order valence-electron chi connectivity index (χ4n) is 2.30. The van der Waals surface area contributed by atoms with Gasteiger partial charge < -0.3 is 10.1 Å². The van der Waals surface area contributed by atoms with Crippen molar-refractivity contribution in [1.29, 1.82) is 0 Å². The monoisotopic (exact) mass is 381 g/mol. The number of hydrogen-bond acceptors (Lipinski definition) is 5. The van der Waals surface area contributed by atoms with Crippen molar-refractivity contribution in [2.45, 2.75) is 35.4 Å². The Morgan fingerprint density at radius 2 is 2.14 bits per heavy atom. The molecule has 5 nitrogen and oxygen atoms in total. The number of thioether (sulfide) groups is 1. The Balaban J connectivity index is 1.58. The second kappa shape index (κ2) is 7.13. The zero-order valence-corrected chi connectivity index (χ0v) is 14.4. The van der Waals surface area contributed by atoms with E-state index in [0.717, 1.165) is 12.8 Å². The van der Waals surface area contributed by atoms with Crippen LogP contribution in [0.25, 0.3) is 0 Å². The van der Waals surface area contributed by atoms with Gasteiger partial charge in [0, 0.05) is 15.6 Å². The number of benzene rings is 1. The van der Waals surface area contributed by atoms with Crippen LogP contribution < -0.4 is 16.2 Å². The molecule has 1 aromatic carbocycles. The summed E-state index contributed by atoms with van der Waals surface area (Å²) in [6.45, 7) is 0. The molecule has 3 N–H and O–H groups in total. The molecule has 22 heavy (non-hydrogen) atoms. The molecule has 2 heterocycles. The highest BCUT2D eigenvalue weighted by Gasteiger charge is 2.33. The summed E-state index contributed by atoms with van der Waals surface area (Å²) in [6, 6.07) is 5.12. The number of hydrazine groups is 1. The van der Waals surface area contributed by atoms with Gasteiger partial charge in [-0.1, -0.05) is 23.2 Å². The van der Waals surface area contributed by atoms with Gasteiger partial charge in [0.05, 0.1) is 9.96 Å². The quantitative estimate of drug-likeness (QED) is 0.702. The lowest BCUT2D eigenvalue weighted by Crippen LogP contribution is -2.47. The van der Waals surface area contributed by atoms with E-state index < -0.39 is 12.6 Å². The molecule has 0 radical (unpaired) electrons. The van der Waals surface area contributed by atoms with Gasteiger partial charge in [-0.3, -0.25) is 4.79 Å². The maximum absolute atomic E-state index is 12.1. The largest absolute Gasteiger partial charge is 0.320 e. The van der Waals surface area contributed by atoms with Gasteiger partial charge in [-0.25, -0.2) is 10.9 Å². The molecular formula is C13H14Cl3N3O2S. The van der Waals surface area contributed by atoms with E-state index in [2.05, 4.69) is 16.2 Å². The first kappa shape index (κ1) is 16.6. The SMILES string of the molecule is O=C(NC1NNC(c2cc(Cl)ccc2Cl)O1)C1CCC(Cl)S1. The lowest BCUT2D eigenvalue weighted by atomic mass is 10.2. The van der Waals surface area contributed by atoms with Crippen LogP contribution in [-0.4, -0.2) is 22.2 Å². The number of amides is 1. The Morgan fingerprint density at radius 3 is 2.86 bits per heavy atom. The molecule has 2 aliphatic heterocycles. The average Bonchev–Trinajstić information content (AvgIpc) is 3.11. The molecule has 0 saturated carbocycles. The van der Waals surface area contributed by atoms with Crippen LogP contribution in [0.15, 0.2) is 18.2 Å². The minimum Gasteiger partial charge on any atom is -0.320 e. The second-order valence-electron chi connectivity index (χ2n) is 4.97. The molecule has 2 aliphatic rings. The Labute approximate surface area is 147 Å². The normalized spacial score (nSPS) is 31.4. The summed E-state index contributed by atoms with van der Waals surface area (Å²) in [6.07, 6.45) is 0.479. The molecular weight excluding hydrogens is 369 g/mol. The third-order valence-corrected chi connectivity index (χ3v) is 5.81. The van der Waals surface area contributed by atoms with E-state index in [1.54, 1.807) is 18.2 Å². The number of ether oxygens (including phenoxy) is 1. The number of hydrogen-bond donors (Lipinski definition) is 3. The highest BCUT2D eigenvalue weighted by Crippen LogP contribution is 2.36.